The molecule has 0 aliphatic carbocycles. The molecule has 30 heavy (non-hydrogen) atoms. The molecule has 1 N–H and O–H groups in total. The Balaban J connectivity index is 1.82. The fourth-order valence-electron chi connectivity index (χ4n) is 3.35. The highest BCUT2D eigenvalue weighted by Crippen LogP contribution is 2.36. The summed E-state index contributed by atoms with van der Waals surface area (Å²) in [5.74, 6) is 0.895. The van der Waals surface area contributed by atoms with Crippen molar-refractivity contribution in [2.24, 2.45) is 5.92 Å². The summed E-state index contributed by atoms with van der Waals surface area (Å²) in [5.41, 5.74) is 1.36. The Morgan fingerprint density at radius 2 is 1.80 bits per heavy atom. The molecule has 0 saturated heterocycles. The first-order valence-corrected chi connectivity index (χ1v) is 11.7. The van der Waals surface area contributed by atoms with E-state index in [0.717, 1.165) is 16.3 Å². The van der Waals surface area contributed by atoms with E-state index >= 15 is 0 Å². The third kappa shape index (κ3) is 5.24. The molecule has 1 aliphatic rings. The number of benzene rings is 2. The van der Waals surface area contributed by atoms with E-state index in [1.54, 1.807) is 25.1 Å². The molecule has 8 heteroatoms. The number of nitrogens with one attached hydrogen (secondary N) is 1. The molecule has 1 amide bonds. The average Bonchev–Trinajstić information content (AvgIpc) is 3.19. The smallest absolute Gasteiger partial charge is 0.241 e. The van der Waals surface area contributed by atoms with E-state index in [1.807, 2.05) is 30.3 Å². The summed E-state index contributed by atoms with van der Waals surface area (Å²) in [6, 6.07) is 14.4. The highest BCUT2D eigenvalue weighted by atomic mass is 32.2. The molecule has 0 spiro atoms. The van der Waals surface area contributed by atoms with E-state index < -0.39 is 10.0 Å². The number of rotatable bonds is 9. The van der Waals surface area contributed by atoms with Gasteiger partial charge in [0.1, 0.15) is 6.54 Å². The molecule has 1 aliphatic heterocycles. The topological polar surface area (TPSA) is 84.9 Å². The Morgan fingerprint density at radius 1 is 1.10 bits per heavy atom. The van der Waals surface area contributed by atoms with E-state index in [1.165, 1.54) is 0 Å². The Hall–Kier alpha value is -2.74. The van der Waals surface area contributed by atoms with Crippen LogP contribution in [0.2, 0.25) is 0 Å². The SMILES string of the molecule is CCS(=O)(=O)N(CC(=O)N[C@H](CC(C)C)c1ccccc1)c1ccc2c(c1)OCO2. The van der Waals surface area contributed by atoms with Crippen LogP contribution in [-0.4, -0.2) is 33.4 Å². The zero-order valence-electron chi connectivity index (χ0n) is 17.5. The van der Waals surface area contributed by atoms with Gasteiger partial charge in [-0.2, -0.15) is 0 Å². The summed E-state index contributed by atoms with van der Waals surface area (Å²) in [4.78, 5) is 12.9. The van der Waals surface area contributed by atoms with Gasteiger partial charge in [-0.25, -0.2) is 8.42 Å². The lowest BCUT2D eigenvalue weighted by molar-refractivity contribution is -0.120. The number of sulfonamides is 1. The van der Waals surface area contributed by atoms with Gasteiger partial charge in [0.25, 0.3) is 0 Å². The number of carbonyl (C=O) groups is 1. The highest BCUT2D eigenvalue weighted by Gasteiger charge is 2.27. The molecular formula is C22H28N2O5S. The number of anilines is 1. The van der Waals surface area contributed by atoms with Crippen molar-refractivity contribution in [1.82, 2.24) is 5.32 Å². The molecule has 2 aromatic carbocycles. The van der Waals surface area contributed by atoms with Crippen molar-refractivity contribution in [3.05, 3.63) is 54.1 Å². The van der Waals surface area contributed by atoms with Crippen molar-refractivity contribution in [2.45, 2.75) is 33.2 Å². The lowest BCUT2D eigenvalue weighted by atomic mass is 9.97. The fraction of sp³-hybridized carbons (Fsp3) is 0.409. The quantitative estimate of drug-likeness (QED) is 0.656. The largest absolute Gasteiger partial charge is 0.454 e. The Morgan fingerprint density at radius 3 is 2.47 bits per heavy atom. The molecule has 2 aromatic rings. The number of hydrogen-bond donors (Lipinski definition) is 1. The number of amides is 1. The van der Waals surface area contributed by atoms with E-state index in [0.29, 0.717) is 23.1 Å². The van der Waals surface area contributed by atoms with Gasteiger partial charge in [0.2, 0.25) is 22.7 Å². The van der Waals surface area contributed by atoms with Crippen LogP contribution in [0.3, 0.4) is 0 Å². The monoisotopic (exact) mass is 432 g/mol. The van der Waals surface area contributed by atoms with Crippen LogP contribution in [0.4, 0.5) is 5.69 Å². The molecule has 0 unspecified atom stereocenters. The number of hydrogen-bond acceptors (Lipinski definition) is 5. The van der Waals surface area contributed by atoms with Gasteiger partial charge in [-0.3, -0.25) is 9.10 Å². The summed E-state index contributed by atoms with van der Waals surface area (Å²) < 4.78 is 37.3. The van der Waals surface area contributed by atoms with Gasteiger partial charge in [-0.05, 0) is 37.0 Å². The summed E-state index contributed by atoms with van der Waals surface area (Å²) >= 11 is 0. The van der Waals surface area contributed by atoms with Crippen LogP contribution >= 0.6 is 0 Å². The lowest BCUT2D eigenvalue weighted by Crippen LogP contribution is -2.42. The van der Waals surface area contributed by atoms with Gasteiger partial charge >= 0.3 is 0 Å². The predicted octanol–water partition coefficient (Wildman–Crippen LogP) is 3.48. The van der Waals surface area contributed by atoms with E-state index in [9.17, 15) is 13.2 Å². The highest BCUT2D eigenvalue weighted by molar-refractivity contribution is 7.92. The molecular weight excluding hydrogens is 404 g/mol. The Bertz CT molecular complexity index is 976. The summed E-state index contributed by atoms with van der Waals surface area (Å²) in [6.45, 7) is 5.51. The van der Waals surface area contributed by atoms with Crippen LogP contribution in [-0.2, 0) is 14.8 Å². The molecule has 3 rings (SSSR count). The van der Waals surface area contributed by atoms with E-state index in [-0.39, 0.29) is 31.0 Å². The number of carbonyl (C=O) groups excluding carboxylic acids is 1. The molecule has 0 saturated carbocycles. The second-order valence-corrected chi connectivity index (χ2v) is 9.79. The van der Waals surface area contributed by atoms with Crippen molar-refractivity contribution in [3.8, 4) is 11.5 Å². The molecule has 162 valence electrons. The van der Waals surface area contributed by atoms with Gasteiger partial charge in [0.05, 0.1) is 17.5 Å². The second-order valence-electron chi connectivity index (χ2n) is 7.61. The zero-order valence-corrected chi connectivity index (χ0v) is 18.3. The van der Waals surface area contributed by atoms with Crippen LogP contribution in [0.25, 0.3) is 0 Å². The number of nitrogens with zero attached hydrogens (tertiary/aromatic N) is 1. The Kier molecular flexibility index (Phi) is 6.87. The van der Waals surface area contributed by atoms with Gasteiger partial charge in [0, 0.05) is 6.07 Å². The fourth-order valence-corrected chi connectivity index (χ4v) is 4.41. The third-order valence-electron chi connectivity index (χ3n) is 4.88. The standard InChI is InChI=1S/C22H28N2O5S/c1-4-30(26,27)24(18-10-11-20-21(13-18)29-15-28-20)14-22(25)23-19(12-16(2)3)17-8-6-5-7-9-17/h5-11,13,16,19H,4,12,14-15H2,1-3H3,(H,23,25)/t19-/m1/s1. The van der Waals surface area contributed by atoms with Crippen molar-refractivity contribution >= 4 is 21.6 Å². The molecule has 1 heterocycles. The normalized spacial score (nSPS) is 13.9. The molecule has 0 fully saturated rings. The maximum Gasteiger partial charge on any atom is 0.241 e. The van der Waals surface area contributed by atoms with Crippen LogP contribution in [0.5, 0.6) is 11.5 Å². The lowest BCUT2D eigenvalue weighted by Gasteiger charge is -2.26. The van der Waals surface area contributed by atoms with Crippen molar-refractivity contribution in [3.63, 3.8) is 0 Å². The maximum atomic E-state index is 12.9. The predicted molar refractivity (Wildman–Crippen MR) is 116 cm³/mol. The van der Waals surface area contributed by atoms with Gasteiger partial charge < -0.3 is 14.8 Å². The van der Waals surface area contributed by atoms with Crippen LogP contribution in [0, 0.1) is 5.92 Å². The summed E-state index contributed by atoms with van der Waals surface area (Å²) in [6.07, 6.45) is 0.750. The summed E-state index contributed by atoms with van der Waals surface area (Å²) in [5, 5.41) is 3.01. The first kappa shape index (κ1) is 22.0. The molecule has 7 nitrogen and oxygen atoms in total. The van der Waals surface area contributed by atoms with Crippen LogP contribution in [0.15, 0.2) is 48.5 Å². The Labute approximate surface area is 178 Å². The van der Waals surface area contributed by atoms with E-state index in [4.69, 9.17) is 9.47 Å². The number of fused-ring (bicyclic) bond motifs is 1. The minimum atomic E-state index is -3.67. The maximum absolute atomic E-state index is 12.9. The van der Waals surface area contributed by atoms with Gasteiger partial charge in [-0.15, -0.1) is 0 Å². The minimum Gasteiger partial charge on any atom is -0.454 e. The van der Waals surface area contributed by atoms with Crippen molar-refractivity contribution < 1.29 is 22.7 Å². The summed E-state index contributed by atoms with van der Waals surface area (Å²) in [7, 11) is -3.67. The van der Waals surface area contributed by atoms with Crippen molar-refractivity contribution in [1.29, 1.82) is 0 Å². The van der Waals surface area contributed by atoms with Crippen molar-refractivity contribution in [2.75, 3.05) is 23.4 Å². The number of ether oxygens (including phenoxy) is 2. The van der Waals surface area contributed by atoms with Crippen LogP contribution < -0.4 is 19.1 Å². The zero-order chi connectivity index (χ0) is 21.7. The molecule has 0 bridgehead atoms. The molecule has 1 atom stereocenters. The minimum absolute atomic E-state index is 0.0910. The second kappa shape index (κ2) is 9.38. The average molecular weight is 433 g/mol. The molecule has 0 radical (unpaired) electrons. The van der Waals surface area contributed by atoms with Crippen LogP contribution in [0.1, 0.15) is 38.8 Å². The van der Waals surface area contributed by atoms with Gasteiger partial charge in [0.15, 0.2) is 11.5 Å². The third-order valence-corrected chi connectivity index (χ3v) is 6.62. The molecule has 0 aromatic heterocycles. The van der Waals surface area contributed by atoms with E-state index in [2.05, 4.69) is 19.2 Å². The first-order chi connectivity index (χ1) is 14.3. The van der Waals surface area contributed by atoms with Gasteiger partial charge in [-0.1, -0.05) is 44.2 Å². The first-order valence-electron chi connectivity index (χ1n) is 10.0.